The van der Waals surface area contributed by atoms with Gasteiger partial charge in [0.2, 0.25) is 0 Å². The molecule has 2 heteroatoms. The molecule has 0 heterocycles. The smallest absolute Gasteiger partial charge is 0.151 e. The zero-order chi connectivity index (χ0) is 12.3. The second-order valence-electron chi connectivity index (χ2n) is 6.67. The number of rotatable bonds is 1. The molecule has 1 rings (SSSR count). The van der Waals surface area contributed by atoms with Gasteiger partial charge in [-0.05, 0) is 29.6 Å². The van der Waals surface area contributed by atoms with E-state index in [0.717, 1.165) is 6.42 Å². The summed E-state index contributed by atoms with van der Waals surface area (Å²) in [6.07, 6.45) is 0.761. The molecule has 0 bridgehead atoms. The van der Waals surface area contributed by atoms with Gasteiger partial charge in [0.25, 0.3) is 0 Å². The van der Waals surface area contributed by atoms with Crippen molar-refractivity contribution in [1.29, 1.82) is 0 Å². The van der Waals surface area contributed by atoms with Crippen molar-refractivity contribution in [2.75, 3.05) is 0 Å². The lowest BCUT2D eigenvalue weighted by Crippen LogP contribution is -2.47. The average Bonchev–Trinajstić information content (AvgIpc) is 2.09. The van der Waals surface area contributed by atoms with E-state index < -0.39 is 4.87 Å². The van der Waals surface area contributed by atoms with Gasteiger partial charge in [0, 0.05) is 0 Å². The Morgan fingerprint density at radius 2 is 1.40 bits per heavy atom. The minimum absolute atomic E-state index is 0.0490. The van der Waals surface area contributed by atoms with E-state index in [1.165, 1.54) is 0 Å². The SMILES string of the molecule is CC(=O)C1(Cl)CC(C)(C)C(C)(C)C1(C)C. The average molecular weight is 231 g/mol. The molecule has 1 unspecified atom stereocenters. The highest BCUT2D eigenvalue weighted by Crippen LogP contribution is 2.68. The fourth-order valence-electron chi connectivity index (χ4n) is 2.96. The molecule has 88 valence electrons. The van der Waals surface area contributed by atoms with E-state index in [2.05, 4.69) is 41.5 Å². The first kappa shape index (κ1) is 13.0. The van der Waals surface area contributed by atoms with E-state index in [1.807, 2.05) is 0 Å². The molecule has 0 aliphatic heterocycles. The van der Waals surface area contributed by atoms with Crippen LogP contribution in [0.15, 0.2) is 0 Å². The monoisotopic (exact) mass is 230 g/mol. The molecular weight excluding hydrogens is 208 g/mol. The van der Waals surface area contributed by atoms with Crippen molar-refractivity contribution in [3.05, 3.63) is 0 Å². The van der Waals surface area contributed by atoms with Gasteiger partial charge in [-0.25, -0.2) is 0 Å². The predicted octanol–water partition coefficient (Wildman–Crippen LogP) is 4.04. The Hall–Kier alpha value is -0.0400. The van der Waals surface area contributed by atoms with Crippen molar-refractivity contribution in [3.8, 4) is 0 Å². The molecule has 1 nitrogen and oxygen atoms in total. The summed E-state index contributed by atoms with van der Waals surface area (Å²) >= 11 is 6.62. The van der Waals surface area contributed by atoms with Crippen LogP contribution in [0.1, 0.15) is 54.9 Å². The van der Waals surface area contributed by atoms with E-state index in [-0.39, 0.29) is 22.0 Å². The number of ketones is 1. The molecule has 1 atom stereocenters. The third-order valence-corrected chi connectivity index (χ3v) is 6.36. The van der Waals surface area contributed by atoms with E-state index in [0.29, 0.717) is 0 Å². The standard InChI is InChI=1S/C13H23ClO/c1-9(15)13(14)8-10(2,3)11(4,5)12(13,6)7/h8H2,1-7H3. The lowest BCUT2D eigenvalue weighted by molar-refractivity contribution is -0.122. The van der Waals surface area contributed by atoms with Crippen LogP contribution < -0.4 is 0 Å². The number of hydrogen-bond acceptors (Lipinski definition) is 1. The summed E-state index contributed by atoms with van der Waals surface area (Å²) in [6, 6.07) is 0. The molecule has 0 spiro atoms. The first-order valence-electron chi connectivity index (χ1n) is 5.60. The Bertz CT molecular complexity index is 302. The van der Waals surface area contributed by atoms with Crippen molar-refractivity contribution < 1.29 is 4.79 Å². The fourth-order valence-corrected chi connectivity index (χ4v) is 3.53. The Morgan fingerprint density at radius 1 is 1.00 bits per heavy atom. The molecule has 0 aromatic rings. The van der Waals surface area contributed by atoms with Crippen molar-refractivity contribution >= 4 is 17.4 Å². The van der Waals surface area contributed by atoms with Crippen molar-refractivity contribution in [1.82, 2.24) is 0 Å². The summed E-state index contributed by atoms with van der Waals surface area (Å²) in [6.45, 7) is 14.7. The summed E-state index contributed by atoms with van der Waals surface area (Å²) in [4.78, 5) is 11.1. The lowest BCUT2D eigenvalue weighted by Gasteiger charge is -2.46. The van der Waals surface area contributed by atoms with Gasteiger partial charge in [0.05, 0.1) is 0 Å². The molecule has 1 saturated carbocycles. The van der Waals surface area contributed by atoms with Crippen LogP contribution in [0.2, 0.25) is 0 Å². The van der Waals surface area contributed by atoms with Gasteiger partial charge in [0.15, 0.2) is 5.78 Å². The third-order valence-electron chi connectivity index (χ3n) is 5.49. The minimum Gasteiger partial charge on any atom is -0.298 e. The van der Waals surface area contributed by atoms with Gasteiger partial charge in [-0.3, -0.25) is 4.79 Å². The van der Waals surface area contributed by atoms with Gasteiger partial charge in [-0.15, -0.1) is 11.6 Å². The van der Waals surface area contributed by atoms with E-state index >= 15 is 0 Å². The molecule has 0 aromatic carbocycles. The first-order valence-corrected chi connectivity index (χ1v) is 5.98. The van der Waals surface area contributed by atoms with E-state index in [4.69, 9.17) is 11.6 Å². The minimum atomic E-state index is -0.708. The van der Waals surface area contributed by atoms with Crippen molar-refractivity contribution in [3.63, 3.8) is 0 Å². The van der Waals surface area contributed by atoms with Gasteiger partial charge < -0.3 is 0 Å². The summed E-state index contributed by atoms with van der Waals surface area (Å²) < 4.78 is 0. The summed E-state index contributed by atoms with van der Waals surface area (Å²) in [5.41, 5.74) is -0.0474. The Balaban J connectivity index is 3.38. The maximum atomic E-state index is 11.8. The quantitative estimate of drug-likeness (QED) is 0.622. The lowest BCUT2D eigenvalue weighted by atomic mass is 9.59. The topological polar surface area (TPSA) is 17.1 Å². The van der Waals surface area contributed by atoms with Gasteiger partial charge in [0.1, 0.15) is 4.87 Å². The molecule has 1 aliphatic rings. The molecule has 15 heavy (non-hydrogen) atoms. The molecule has 0 aromatic heterocycles. The van der Waals surface area contributed by atoms with Gasteiger partial charge in [-0.1, -0.05) is 41.5 Å². The zero-order valence-electron chi connectivity index (χ0n) is 11.0. The summed E-state index contributed by atoms with van der Waals surface area (Å²) in [5, 5.41) is 0. The second kappa shape index (κ2) is 3.00. The Labute approximate surface area is 98.6 Å². The largest absolute Gasteiger partial charge is 0.298 e. The molecule has 0 saturated heterocycles. The first-order chi connectivity index (χ1) is 6.40. The highest BCUT2D eigenvalue weighted by molar-refractivity contribution is 6.36. The Kier molecular flexibility index (Phi) is 2.60. The molecule has 0 amide bonds. The highest BCUT2D eigenvalue weighted by Gasteiger charge is 2.67. The molecule has 0 N–H and O–H groups in total. The van der Waals surface area contributed by atoms with Crippen molar-refractivity contribution in [2.45, 2.75) is 59.8 Å². The maximum absolute atomic E-state index is 11.8. The van der Waals surface area contributed by atoms with Crippen LogP contribution >= 0.6 is 11.6 Å². The number of halogens is 1. The highest BCUT2D eigenvalue weighted by atomic mass is 35.5. The van der Waals surface area contributed by atoms with E-state index in [1.54, 1.807) is 6.92 Å². The van der Waals surface area contributed by atoms with Crippen LogP contribution in [0.3, 0.4) is 0 Å². The predicted molar refractivity (Wildman–Crippen MR) is 65.2 cm³/mol. The van der Waals surface area contributed by atoms with E-state index in [9.17, 15) is 4.79 Å². The van der Waals surface area contributed by atoms with Crippen LogP contribution in [0.4, 0.5) is 0 Å². The number of alkyl halides is 1. The van der Waals surface area contributed by atoms with Gasteiger partial charge >= 0.3 is 0 Å². The van der Waals surface area contributed by atoms with Crippen LogP contribution in [-0.4, -0.2) is 10.7 Å². The van der Waals surface area contributed by atoms with Crippen LogP contribution in [0.25, 0.3) is 0 Å². The zero-order valence-corrected chi connectivity index (χ0v) is 11.7. The number of Topliss-reactive ketones (excluding diaryl/α,β-unsaturated/α-hetero) is 1. The Morgan fingerprint density at radius 3 is 1.53 bits per heavy atom. The van der Waals surface area contributed by atoms with Crippen LogP contribution in [-0.2, 0) is 4.79 Å². The summed E-state index contributed by atoms with van der Waals surface area (Å²) in [5.74, 6) is 0.104. The molecule has 1 fully saturated rings. The number of hydrogen-bond donors (Lipinski definition) is 0. The fraction of sp³-hybridized carbons (Fsp3) is 0.923. The number of carbonyl (C=O) groups is 1. The number of carbonyl (C=O) groups excluding carboxylic acids is 1. The third kappa shape index (κ3) is 1.32. The molecular formula is C13H23ClO. The van der Waals surface area contributed by atoms with Gasteiger partial charge in [-0.2, -0.15) is 0 Å². The molecule has 1 aliphatic carbocycles. The maximum Gasteiger partial charge on any atom is 0.151 e. The molecule has 0 radical (unpaired) electrons. The van der Waals surface area contributed by atoms with Crippen LogP contribution in [0, 0.1) is 16.2 Å². The normalized spacial score (nSPS) is 36.5. The second-order valence-corrected chi connectivity index (χ2v) is 7.31. The summed E-state index contributed by atoms with van der Waals surface area (Å²) in [7, 11) is 0. The van der Waals surface area contributed by atoms with Crippen molar-refractivity contribution in [2.24, 2.45) is 16.2 Å². The van der Waals surface area contributed by atoms with Crippen LogP contribution in [0.5, 0.6) is 0 Å².